The largest absolute Gasteiger partial charge is 0.303 e. The van der Waals surface area contributed by atoms with Crippen LogP contribution in [0.3, 0.4) is 0 Å². The van der Waals surface area contributed by atoms with Crippen LogP contribution in [0, 0.1) is 0 Å². The van der Waals surface area contributed by atoms with Gasteiger partial charge in [-0.15, -0.1) is 0 Å². The van der Waals surface area contributed by atoms with E-state index in [9.17, 15) is 0 Å². The molecule has 0 radical (unpaired) electrons. The van der Waals surface area contributed by atoms with E-state index in [1.54, 1.807) is 0 Å². The molecule has 0 aromatic carbocycles. The standard InChI is InChI=1S/C10H11BrN2/c1-2-4-8-7-12-10-9(11)5-3-6-13(8)10/h3,5-7H,2,4H2,1H3. The molecule has 0 aliphatic rings. The molecule has 0 saturated heterocycles. The second-order valence-electron chi connectivity index (χ2n) is 3.05. The summed E-state index contributed by atoms with van der Waals surface area (Å²) in [4.78, 5) is 4.35. The molecule has 0 saturated carbocycles. The summed E-state index contributed by atoms with van der Waals surface area (Å²) >= 11 is 3.48. The van der Waals surface area contributed by atoms with Crippen molar-refractivity contribution in [2.24, 2.45) is 0 Å². The van der Waals surface area contributed by atoms with Crippen LogP contribution >= 0.6 is 15.9 Å². The molecule has 0 atom stereocenters. The number of hydrogen-bond acceptors (Lipinski definition) is 1. The third-order valence-corrected chi connectivity index (χ3v) is 2.69. The third kappa shape index (κ3) is 1.48. The van der Waals surface area contributed by atoms with Crippen molar-refractivity contribution < 1.29 is 0 Å². The zero-order valence-electron chi connectivity index (χ0n) is 7.50. The second kappa shape index (κ2) is 3.50. The van der Waals surface area contributed by atoms with E-state index in [1.165, 1.54) is 5.69 Å². The highest BCUT2D eigenvalue weighted by atomic mass is 79.9. The molecule has 0 aliphatic carbocycles. The van der Waals surface area contributed by atoms with Crippen molar-refractivity contribution in [2.45, 2.75) is 19.8 Å². The van der Waals surface area contributed by atoms with Crippen LogP contribution in [0.1, 0.15) is 19.0 Å². The Hall–Kier alpha value is -0.830. The van der Waals surface area contributed by atoms with Crippen LogP contribution in [-0.4, -0.2) is 9.38 Å². The predicted molar refractivity (Wildman–Crippen MR) is 56.9 cm³/mol. The number of aromatic nitrogens is 2. The van der Waals surface area contributed by atoms with Crippen LogP contribution in [0.4, 0.5) is 0 Å². The van der Waals surface area contributed by atoms with E-state index < -0.39 is 0 Å². The van der Waals surface area contributed by atoms with Gasteiger partial charge in [0.15, 0.2) is 5.65 Å². The minimum Gasteiger partial charge on any atom is -0.303 e. The van der Waals surface area contributed by atoms with Crippen LogP contribution in [0.2, 0.25) is 0 Å². The summed E-state index contributed by atoms with van der Waals surface area (Å²) < 4.78 is 3.19. The maximum atomic E-state index is 4.35. The smallest absolute Gasteiger partial charge is 0.151 e. The number of rotatable bonds is 2. The van der Waals surface area contributed by atoms with Gasteiger partial charge in [0.2, 0.25) is 0 Å². The van der Waals surface area contributed by atoms with Crippen LogP contribution in [-0.2, 0) is 6.42 Å². The summed E-state index contributed by atoms with van der Waals surface area (Å²) in [5.74, 6) is 0. The highest BCUT2D eigenvalue weighted by molar-refractivity contribution is 9.10. The molecule has 0 fully saturated rings. The highest BCUT2D eigenvalue weighted by Gasteiger charge is 2.03. The lowest BCUT2D eigenvalue weighted by Crippen LogP contribution is -1.91. The van der Waals surface area contributed by atoms with Gasteiger partial charge in [0.05, 0.1) is 4.47 Å². The Labute approximate surface area is 85.7 Å². The molecule has 0 unspecified atom stereocenters. The number of halogens is 1. The number of imidazole rings is 1. The molecule has 3 heteroatoms. The van der Waals surface area contributed by atoms with Crippen molar-refractivity contribution in [1.29, 1.82) is 0 Å². The zero-order valence-corrected chi connectivity index (χ0v) is 9.08. The fraction of sp³-hybridized carbons (Fsp3) is 0.300. The molecule has 2 heterocycles. The van der Waals surface area contributed by atoms with E-state index in [1.807, 2.05) is 18.3 Å². The number of pyridine rings is 1. The number of hydrogen-bond donors (Lipinski definition) is 0. The van der Waals surface area contributed by atoms with Gasteiger partial charge in [0.1, 0.15) is 0 Å². The van der Waals surface area contributed by atoms with Gasteiger partial charge in [-0.2, -0.15) is 0 Å². The normalized spacial score (nSPS) is 10.9. The number of aryl methyl sites for hydroxylation is 1. The second-order valence-corrected chi connectivity index (χ2v) is 3.90. The molecule has 2 aromatic rings. The maximum absolute atomic E-state index is 4.35. The quantitative estimate of drug-likeness (QED) is 0.787. The zero-order chi connectivity index (χ0) is 9.26. The summed E-state index contributed by atoms with van der Waals surface area (Å²) in [6.45, 7) is 2.18. The van der Waals surface area contributed by atoms with Gasteiger partial charge >= 0.3 is 0 Å². The lowest BCUT2D eigenvalue weighted by Gasteiger charge is -1.99. The first-order chi connectivity index (χ1) is 6.33. The fourth-order valence-electron chi connectivity index (χ4n) is 1.47. The fourth-order valence-corrected chi connectivity index (χ4v) is 1.91. The van der Waals surface area contributed by atoms with Crippen LogP contribution in [0.15, 0.2) is 29.0 Å². The molecule has 0 aliphatic heterocycles. The van der Waals surface area contributed by atoms with Gasteiger partial charge in [-0.1, -0.05) is 13.3 Å². The molecule has 2 aromatic heterocycles. The minimum absolute atomic E-state index is 1.01. The molecule has 2 rings (SSSR count). The number of fused-ring (bicyclic) bond motifs is 1. The van der Waals surface area contributed by atoms with Crippen molar-refractivity contribution in [3.63, 3.8) is 0 Å². The Morgan fingerprint density at radius 1 is 1.54 bits per heavy atom. The summed E-state index contributed by atoms with van der Waals surface area (Å²) in [5.41, 5.74) is 2.28. The first-order valence-corrected chi connectivity index (χ1v) is 5.22. The van der Waals surface area contributed by atoms with Crippen LogP contribution in [0.5, 0.6) is 0 Å². The van der Waals surface area contributed by atoms with E-state index >= 15 is 0 Å². The molecular formula is C10H11BrN2. The van der Waals surface area contributed by atoms with E-state index in [-0.39, 0.29) is 0 Å². The first kappa shape index (κ1) is 8.75. The SMILES string of the molecule is CCCc1cnc2c(Br)cccn12. The lowest BCUT2D eigenvalue weighted by atomic mass is 10.3. The van der Waals surface area contributed by atoms with Gasteiger partial charge in [0, 0.05) is 18.1 Å². The molecule has 13 heavy (non-hydrogen) atoms. The minimum atomic E-state index is 1.01. The summed E-state index contributed by atoms with van der Waals surface area (Å²) in [7, 11) is 0. The first-order valence-electron chi connectivity index (χ1n) is 4.43. The van der Waals surface area contributed by atoms with Crippen LogP contribution < -0.4 is 0 Å². The molecule has 0 spiro atoms. The number of nitrogens with zero attached hydrogens (tertiary/aromatic N) is 2. The highest BCUT2D eigenvalue weighted by Crippen LogP contribution is 2.17. The van der Waals surface area contributed by atoms with E-state index in [0.717, 1.165) is 23.0 Å². The summed E-state index contributed by atoms with van der Waals surface area (Å²) in [6, 6.07) is 4.04. The third-order valence-electron chi connectivity index (χ3n) is 2.07. The van der Waals surface area contributed by atoms with Gasteiger partial charge < -0.3 is 4.40 Å². The van der Waals surface area contributed by atoms with Crippen molar-refractivity contribution in [2.75, 3.05) is 0 Å². The van der Waals surface area contributed by atoms with E-state index in [0.29, 0.717) is 0 Å². The Balaban J connectivity index is 2.61. The van der Waals surface area contributed by atoms with Crippen molar-refractivity contribution in [3.05, 3.63) is 34.7 Å². The van der Waals surface area contributed by atoms with Gasteiger partial charge in [0.25, 0.3) is 0 Å². The monoisotopic (exact) mass is 238 g/mol. The summed E-state index contributed by atoms with van der Waals surface area (Å²) in [6.07, 6.45) is 6.24. The lowest BCUT2D eigenvalue weighted by molar-refractivity contribution is 0.867. The average molecular weight is 239 g/mol. The molecule has 2 nitrogen and oxygen atoms in total. The van der Waals surface area contributed by atoms with Crippen molar-refractivity contribution >= 4 is 21.6 Å². The van der Waals surface area contributed by atoms with Gasteiger partial charge in [-0.05, 0) is 34.5 Å². The Bertz CT molecular complexity index is 420. The van der Waals surface area contributed by atoms with E-state index in [4.69, 9.17) is 0 Å². The maximum Gasteiger partial charge on any atom is 0.151 e. The van der Waals surface area contributed by atoms with Crippen LogP contribution in [0.25, 0.3) is 5.65 Å². The van der Waals surface area contributed by atoms with Gasteiger partial charge in [-0.25, -0.2) is 4.98 Å². The molecule has 0 bridgehead atoms. The Kier molecular flexibility index (Phi) is 2.36. The van der Waals surface area contributed by atoms with Crippen molar-refractivity contribution in [1.82, 2.24) is 9.38 Å². The molecule has 0 amide bonds. The average Bonchev–Trinajstić information content (AvgIpc) is 2.51. The predicted octanol–water partition coefficient (Wildman–Crippen LogP) is 3.05. The Morgan fingerprint density at radius 2 is 2.38 bits per heavy atom. The summed E-state index contributed by atoms with van der Waals surface area (Å²) in [5, 5.41) is 0. The molecular weight excluding hydrogens is 228 g/mol. The van der Waals surface area contributed by atoms with E-state index in [2.05, 4.69) is 38.4 Å². The van der Waals surface area contributed by atoms with Crippen molar-refractivity contribution in [3.8, 4) is 0 Å². The molecule has 0 N–H and O–H groups in total. The Morgan fingerprint density at radius 3 is 3.15 bits per heavy atom. The molecule has 68 valence electrons. The topological polar surface area (TPSA) is 17.3 Å². The van der Waals surface area contributed by atoms with Gasteiger partial charge in [-0.3, -0.25) is 0 Å².